The number of fused-ring (bicyclic) bond motifs is 1. The molecule has 0 saturated carbocycles. The van der Waals surface area contributed by atoms with Crippen molar-refractivity contribution in [2.45, 2.75) is 20.0 Å². The first kappa shape index (κ1) is 22.0. The first-order chi connectivity index (χ1) is 15.9. The molecule has 0 aliphatic heterocycles. The maximum absolute atomic E-state index is 12.4. The van der Waals surface area contributed by atoms with Crippen LogP contribution in [0.25, 0.3) is 27.8 Å². The van der Waals surface area contributed by atoms with Gasteiger partial charge in [0.1, 0.15) is 22.2 Å². The number of carbonyl (C=O) groups excluding carboxylic acids is 1. The highest BCUT2D eigenvalue weighted by Gasteiger charge is 2.14. The number of carbonyl (C=O) groups is 1. The number of hydrogen-bond donors (Lipinski definition) is 1. The molecule has 0 aliphatic carbocycles. The van der Waals surface area contributed by atoms with Crippen LogP contribution in [-0.4, -0.2) is 17.1 Å². The number of thiazole rings is 1. The van der Waals surface area contributed by atoms with Gasteiger partial charge in [0.2, 0.25) is 0 Å². The number of nitrogens with one attached hydrogen (secondary N) is 1. The first-order valence-electron chi connectivity index (χ1n) is 10.1. The van der Waals surface area contributed by atoms with Gasteiger partial charge in [0.15, 0.2) is 0 Å². The van der Waals surface area contributed by atoms with Gasteiger partial charge >= 0.3 is 11.6 Å². The first-order valence-corrected chi connectivity index (χ1v) is 11.0. The minimum atomic E-state index is -0.484. The molecular weight excluding hydrogens is 438 g/mol. The second-order valence-electron chi connectivity index (χ2n) is 7.37. The minimum absolute atomic E-state index is 0.194. The Morgan fingerprint density at radius 2 is 1.97 bits per heavy atom. The van der Waals surface area contributed by atoms with E-state index in [4.69, 9.17) is 9.15 Å². The SMILES string of the molecule is CC(C)OC(=O)c1ccc(NC=C(C#N)c2nc(-c3cc4ccccc4oc3=O)cs2)cc1. The lowest BCUT2D eigenvalue weighted by molar-refractivity contribution is 0.0378. The Balaban J connectivity index is 1.54. The zero-order valence-electron chi connectivity index (χ0n) is 17.9. The zero-order valence-corrected chi connectivity index (χ0v) is 18.7. The molecule has 4 aromatic rings. The van der Waals surface area contributed by atoms with Crippen molar-refractivity contribution in [2.24, 2.45) is 0 Å². The van der Waals surface area contributed by atoms with Gasteiger partial charge in [-0.15, -0.1) is 11.3 Å². The maximum Gasteiger partial charge on any atom is 0.345 e. The van der Waals surface area contributed by atoms with Crippen LogP contribution in [0.15, 0.2) is 75.4 Å². The van der Waals surface area contributed by atoms with Crippen LogP contribution in [0.5, 0.6) is 0 Å². The van der Waals surface area contributed by atoms with Crippen LogP contribution < -0.4 is 10.9 Å². The van der Waals surface area contributed by atoms with Crippen LogP contribution in [0.3, 0.4) is 0 Å². The summed E-state index contributed by atoms with van der Waals surface area (Å²) in [5, 5.41) is 15.6. The Labute approximate surface area is 193 Å². The standard InChI is InChI=1S/C25H19N3O4S/c1-15(2)31-24(29)16-7-9-19(10-8-16)27-13-18(12-26)23-28-21(14-33-23)20-11-17-5-3-4-6-22(17)32-25(20)30/h3-11,13-15,27H,1-2H3. The molecule has 0 radical (unpaired) electrons. The number of esters is 1. The topological polar surface area (TPSA) is 105 Å². The number of ether oxygens (including phenoxy) is 1. The van der Waals surface area contributed by atoms with Crippen molar-refractivity contribution in [3.05, 3.63) is 87.2 Å². The summed E-state index contributed by atoms with van der Waals surface area (Å²) in [6.07, 6.45) is 1.34. The van der Waals surface area contributed by atoms with Crippen molar-refractivity contribution in [1.29, 1.82) is 5.26 Å². The normalized spacial score (nSPS) is 11.4. The average Bonchev–Trinajstić information content (AvgIpc) is 3.28. The van der Waals surface area contributed by atoms with Gasteiger partial charge in [-0.05, 0) is 50.2 Å². The van der Waals surface area contributed by atoms with E-state index in [-0.39, 0.29) is 6.10 Å². The van der Waals surface area contributed by atoms with E-state index in [1.807, 2.05) is 12.1 Å². The van der Waals surface area contributed by atoms with Crippen LogP contribution in [0.1, 0.15) is 29.2 Å². The highest BCUT2D eigenvalue weighted by atomic mass is 32.1. The highest BCUT2D eigenvalue weighted by molar-refractivity contribution is 7.11. The third-order valence-electron chi connectivity index (χ3n) is 4.62. The van der Waals surface area contributed by atoms with E-state index >= 15 is 0 Å². The zero-order chi connectivity index (χ0) is 23.4. The summed E-state index contributed by atoms with van der Waals surface area (Å²) in [6.45, 7) is 3.58. The fourth-order valence-electron chi connectivity index (χ4n) is 3.04. The molecule has 7 nitrogen and oxygen atoms in total. The second-order valence-corrected chi connectivity index (χ2v) is 8.23. The Morgan fingerprint density at radius 1 is 1.21 bits per heavy atom. The second kappa shape index (κ2) is 9.51. The van der Waals surface area contributed by atoms with E-state index in [0.717, 1.165) is 5.39 Å². The van der Waals surface area contributed by atoms with Crippen molar-refractivity contribution < 1.29 is 13.9 Å². The molecule has 1 N–H and O–H groups in total. The third-order valence-corrected chi connectivity index (χ3v) is 5.49. The molecule has 0 atom stereocenters. The molecule has 2 aromatic carbocycles. The average molecular weight is 458 g/mol. The van der Waals surface area contributed by atoms with Gasteiger partial charge in [-0.2, -0.15) is 5.26 Å². The molecule has 2 heterocycles. The van der Waals surface area contributed by atoms with E-state index in [2.05, 4.69) is 16.4 Å². The van der Waals surface area contributed by atoms with Crippen LogP contribution in [0.4, 0.5) is 5.69 Å². The third kappa shape index (κ3) is 5.00. The number of allylic oxidation sites excluding steroid dienone is 1. The highest BCUT2D eigenvalue weighted by Crippen LogP contribution is 2.26. The summed E-state index contributed by atoms with van der Waals surface area (Å²) >= 11 is 1.25. The number of nitriles is 1. The van der Waals surface area contributed by atoms with E-state index in [1.165, 1.54) is 17.5 Å². The molecule has 164 valence electrons. The van der Waals surface area contributed by atoms with E-state index < -0.39 is 11.6 Å². The molecule has 0 amide bonds. The largest absolute Gasteiger partial charge is 0.459 e. The molecular formula is C25H19N3O4S. The Bertz CT molecular complexity index is 1440. The Hall–Kier alpha value is -4.22. The minimum Gasteiger partial charge on any atom is -0.459 e. The van der Waals surface area contributed by atoms with Crippen LogP contribution in [0.2, 0.25) is 0 Å². The van der Waals surface area contributed by atoms with Gasteiger partial charge in [-0.1, -0.05) is 18.2 Å². The molecule has 0 aliphatic rings. The van der Waals surface area contributed by atoms with Gasteiger partial charge in [-0.25, -0.2) is 14.6 Å². The lowest BCUT2D eigenvalue weighted by atomic mass is 10.1. The van der Waals surface area contributed by atoms with Crippen molar-refractivity contribution >= 4 is 39.5 Å². The van der Waals surface area contributed by atoms with Gasteiger partial charge in [0.25, 0.3) is 0 Å². The predicted molar refractivity (Wildman–Crippen MR) is 128 cm³/mol. The fraction of sp³-hybridized carbons (Fsp3) is 0.120. The Morgan fingerprint density at radius 3 is 2.70 bits per heavy atom. The molecule has 8 heteroatoms. The molecule has 33 heavy (non-hydrogen) atoms. The van der Waals surface area contributed by atoms with Crippen molar-refractivity contribution in [1.82, 2.24) is 4.98 Å². The number of rotatable bonds is 6. The molecule has 0 spiro atoms. The number of aromatic nitrogens is 1. The van der Waals surface area contributed by atoms with Gasteiger partial charge in [-0.3, -0.25) is 0 Å². The summed E-state index contributed by atoms with van der Waals surface area (Å²) in [4.78, 5) is 28.8. The summed E-state index contributed by atoms with van der Waals surface area (Å²) in [6, 6.07) is 17.8. The number of hydrogen-bond acceptors (Lipinski definition) is 8. The number of nitrogens with zero attached hydrogens (tertiary/aromatic N) is 2. The lowest BCUT2D eigenvalue weighted by Gasteiger charge is -2.08. The quantitative estimate of drug-likeness (QED) is 0.233. The van der Waals surface area contributed by atoms with Gasteiger partial charge < -0.3 is 14.5 Å². The van der Waals surface area contributed by atoms with Crippen molar-refractivity contribution in [2.75, 3.05) is 5.32 Å². The smallest absolute Gasteiger partial charge is 0.345 e. The van der Waals surface area contributed by atoms with Gasteiger partial charge in [0, 0.05) is 22.7 Å². The maximum atomic E-state index is 12.4. The lowest BCUT2D eigenvalue weighted by Crippen LogP contribution is -2.11. The van der Waals surface area contributed by atoms with E-state index in [1.54, 1.807) is 61.7 Å². The molecule has 0 bridgehead atoms. The van der Waals surface area contributed by atoms with Gasteiger partial charge in [0.05, 0.1) is 22.9 Å². The molecule has 0 saturated heterocycles. The van der Waals surface area contributed by atoms with Crippen molar-refractivity contribution in [3.8, 4) is 17.3 Å². The molecule has 0 unspecified atom stereocenters. The predicted octanol–water partition coefficient (Wildman–Crippen LogP) is 5.46. The molecule has 2 aromatic heterocycles. The molecule has 4 rings (SSSR count). The summed E-state index contributed by atoms with van der Waals surface area (Å²) in [5.41, 5.74) is 2.25. The van der Waals surface area contributed by atoms with Crippen LogP contribution in [0, 0.1) is 11.3 Å². The fourth-order valence-corrected chi connectivity index (χ4v) is 3.83. The van der Waals surface area contributed by atoms with Crippen molar-refractivity contribution in [3.63, 3.8) is 0 Å². The van der Waals surface area contributed by atoms with E-state index in [0.29, 0.717) is 38.7 Å². The summed E-state index contributed by atoms with van der Waals surface area (Å²) < 4.78 is 10.6. The number of anilines is 1. The summed E-state index contributed by atoms with van der Waals surface area (Å²) in [5.74, 6) is -0.390. The summed E-state index contributed by atoms with van der Waals surface area (Å²) in [7, 11) is 0. The number of benzene rings is 2. The molecule has 0 fully saturated rings. The number of para-hydroxylation sites is 1. The van der Waals surface area contributed by atoms with E-state index in [9.17, 15) is 14.9 Å². The Kier molecular flexibility index (Phi) is 6.33. The van der Waals surface area contributed by atoms with Crippen LogP contribution >= 0.6 is 11.3 Å². The van der Waals surface area contributed by atoms with Crippen LogP contribution in [-0.2, 0) is 4.74 Å². The monoisotopic (exact) mass is 457 g/mol.